The second kappa shape index (κ2) is 5.88. The second-order valence-corrected chi connectivity index (χ2v) is 14.4. The molecule has 0 heterocycles. The van der Waals surface area contributed by atoms with E-state index in [9.17, 15) is 5.11 Å². The molecule has 140 valence electrons. The summed E-state index contributed by atoms with van der Waals surface area (Å²) in [6.07, 6.45) is 12.1. The highest BCUT2D eigenvalue weighted by atomic mass is 28.4. The van der Waals surface area contributed by atoms with E-state index >= 15 is 0 Å². The molecule has 1 unspecified atom stereocenters. The van der Waals surface area contributed by atoms with Gasteiger partial charge in [-0.15, -0.1) is 6.42 Å². The Morgan fingerprint density at radius 3 is 2.65 bits per heavy atom. The van der Waals surface area contributed by atoms with Crippen molar-refractivity contribution in [2.75, 3.05) is 0 Å². The van der Waals surface area contributed by atoms with Gasteiger partial charge in [-0.3, -0.25) is 0 Å². The number of terminal acetylenes is 1. The third kappa shape index (κ3) is 2.65. The average molecular weight is 369 g/mol. The van der Waals surface area contributed by atoms with E-state index in [-0.39, 0.29) is 5.41 Å². The zero-order valence-electron chi connectivity index (χ0n) is 16.6. The van der Waals surface area contributed by atoms with Crippen molar-refractivity contribution in [3.8, 4) is 18.1 Å². The van der Waals surface area contributed by atoms with Crippen molar-refractivity contribution >= 4 is 8.32 Å². The van der Waals surface area contributed by atoms with Gasteiger partial charge in [0.25, 0.3) is 0 Å². The van der Waals surface area contributed by atoms with Crippen LogP contribution in [-0.2, 0) is 6.42 Å². The largest absolute Gasteiger partial charge is 0.544 e. The second-order valence-electron chi connectivity index (χ2n) is 9.99. The van der Waals surface area contributed by atoms with E-state index in [1.807, 2.05) is 0 Å². The van der Waals surface area contributed by atoms with E-state index in [1.165, 1.54) is 17.5 Å². The number of benzene rings is 1. The maximum Gasteiger partial charge on any atom is 0.242 e. The highest BCUT2D eigenvalue weighted by Gasteiger charge is 2.61. The Hall–Kier alpha value is -1.24. The fourth-order valence-electron chi connectivity index (χ4n) is 6.23. The summed E-state index contributed by atoms with van der Waals surface area (Å²) in [4.78, 5) is 0. The van der Waals surface area contributed by atoms with Gasteiger partial charge in [0, 0.05) is 5.41 Å². The Morgan fingerprint density at radius 1 is 1.19 bits per heavy atom. The molecular formula is C23H32O2Si. The number of aliphatic hydroxyl groups is 1. The van der Waals surface area contributed by atoms with Crippen LogP contribution in [0, 0.1) is 29.6 Å². The summed E-state index contributed by atoms with van der Waals surface area (Å²) in [7, 11) is -1.57. The molecule has 5 atom stereocenters. The number of hydrogen-bond acceptors (Lipinski definition) is 2. The van der Waals surface area contributed by atoms with Crippen LogP contribution in [0.5, 0.6) is 5.75 Å². The first kappa shape index (κ1) is 18.1. The van der Waals surface area contributed by atoms with Gasteiger partial charge >= 0.3 is 0 Å². The summed E-state index contributed by atoms with van der Waals surface area (Å²) < 4.78 is 6.21. The summed E-state index contributed by atoms with van der Waals surface area (Å²) in [5, 5.41) is 11.0. The van der Waals surface area contributed by atoms with Crippen LogP contribution < -0.4 is 4.43 Å². The van der Waals surface area contributed by atoms with Crippen molar-refractivity contribution in [2.45, 2.75) is 76.6 Å². The molecule has 1 aromatic rings. The van der Waals surface area contributed by atoms with Gasteiger partial charge in [0.15, 0.2) is 0 Å². The van der Waals surface area contributed by atoms with Gasteiger partial charge < -0.3 is 9.53 Å². The summed E-state index contributed by atoms with van der Waals surface area (Å²) in [5.41, 5.74) is 2.00. The molecule has 3 aliphatic carbocycles. The molecular weight excluding hydrogens is 336 g/mol. The van der Waals surface area contributed by atoms with Crippen molar-refractivity contribution in [3.05, 3.63) is 29.3 Å². The topological polar surface area (TPSA) is 29.5 Å². The van der Waals surface area contributed by atoms with Crippen LogP contribution >= 0.6 is 0 Å². The predicted octanol–water partition coefficient (Wildman–Crippen LogP) is 5.12. The average Bonchev–Trinajstić information content (AvgIpc) is 2.85. The van der Waals surface area contributed by atoms with Gasteiger partial charge in [-0.1, -0.05) is 18.9 Å². The Balaban J connectivity index is 1.63. The van der Waals surface area contributed by atoms with Gasteiger partial charge in [0.2, 0.25) is 8.32 Å². The van der Waals surface area contributed by atoms with Crippen LogP contribution in [-0.4, -0.2) is 19.0 Å². The molecule has 0 aromatic heterocycles. The van der Waals surface area contributed by atoms with E-state index in [2.05, 4.69) is 50.7 Å². The maximum atomic E-state index is 11.0. The quantitative estimate of drug-likeness (QED) is 0.580. The lowest BCUT2D eigenvalue weighted by Gasteiger charge is -2.52. The van der Waals surface area contributed by atoms with Gasteiger partial charge in [0.1, 0.15) is 11.4 Å². The predicted molar refractivity (Wildman–Crippen MR) is 109 cm³/mol. The SMILES string of the molecule is C#C[C@]1(O)CCC2[C@@H]3CCc4cc(O[Si](C)(C)C)ccc4[C@H]3CC[C@@]21C. The van der Waals surface area contributed by atoms with E-state index < -0.39 is 13.9 Å². The molecule has 26 heavy (non-hydrogen) atoms. The standard InChI is InChI=1S/C23H32O2Si/c1-6-23(24)14-12-21-20-9-7-16-15-17(25-26(3,4)5)8-10-18(16)19(20)11-13-22(21,23)2/h1,8,10,15,19-21,24H,7,9,11-14H2,2-5H3/t19-,20-,21?,22+,23+/m1/s1. The Kier molecular flexibility index (Phi) is 4.10. The van der Waals surface area contributed by atoms with Crippen LogP contribution in [0.15, 0.2) is 18.2 Å². The molecule has 0 aliphatic heterocycles. The molecule has 1 N–H and O–H groups in total. The highest BCUT2D eigenvalue weighted by Crippen LogP contribution is 2.64. The van der Waals surface area contributed by atoms with Crippen molar-refractivity contribution in [1.82, 2.24) is 0 Å². The van der Waals surface area contributed by atoms with Crippen LogP contribution in [0.3, 0.4) is 0 Å². The van der Waals surface area contributed by atoms with Gasteiger partial charge in [-0.05, 0) is 99.2 Å². The van der Waals surface area contributed by atoms with Crippen molar-refractivity contribution < 1.29 is 9.53 Å². The van der Waals surface area contributed by atoms with Crippen LogP contribution in [0.1, 0.15) is 56.1 Å². The van der Waals surface area contributed by atoms with Crippen molar-refractivity contribution in [1.29, 1.82) is 0 Å². The molecule has 3 heteroatoms. The van der Waals surface area contributed by atoms with Gasteiger partial charge in [-0.2, -0.15) is 0 Å². The van der Waals surface area contributed by atoms with Crippen molar-refractivity contribution in [3.63, 3.8) is 0 Å². The molecule has 3 aliphatic rings. The van der Waals surface area contributed by atoms with Crippen LogP contribution in [0.4, 0.5) is 0 Å². The third-order valence-corrected chi connectivity index (χ3v) is 8.36. The van der Waals surface area contributed by atoms with Crippen LogP contribution in [0.2, 0.25) is 19.6 Å². The van der Waals surface area contributed by atoms with E-state index in [1.54, 1.807) is 0 Å². The maximum absolute atomic E-state index is 11.0. The Labute approximate surface area is 159 Å². The van der Waals surface area contributed by atoms with Crippen molar-refractivity contribution in [2.24, 2.45) is 17.3 Å². The summed E-state index contributed by atoms with van der Waals surface area (Å²) in [5.74, 6) is 5.64. The molecule has 4 rings (SSSR count). The fraction of sp³-hybridized carbons (Fsp3) is 0.652. The molecule has 0 amide bonds. The number of aryl methyl sites for hydroxylation is 1. The first-order chi connectivity index (χ1) is 12.2. The lowest BCUT2D eigenvalue weighted by Crippen LogP contribution is -2.50. The summed E-state index contributed by atoms with van der Waals surface area (Å²) in [6.45, 7) is 8.95. The van der Waals surface area contributed by atoms with E-state index in [0.29, 0.717) is 17.8 Å². The fourth-order valence-corrected chi connectivity index (χ4v) is 7.06. The molecule has 0 bridgehead atoms. The monoisotopic (exact) mass is 368 g/mol. The minimum absolute atomic E-state index is 0.110. The lowest BCUT2D eigenvalue weighted by molar-refractivity contribution is -0.0646. The van der Waals surface area contributed by atoms with Gasteiger partial charge in [0.05, 0.1) is 0 Å². The number of fused-ring (bicyclic) bond motifs is 5. The molecule has 0 radical (unpaired) electrons. The number of hydrogen-bond donors (Lipinski definition) is 1. The molecule has 2 fully saturated rings. The minimum Gasteiger partial charge on any atom is -0.544 e. The Bertz CT molecular complexity index is 758. The van der Waals surface area contributed by atoms with Crippen LogP contribution in [0.25, 0.3) is 0 Å². The Morgan fingerprint density at radius 2 is 1.96 bits per heavy atom. The first-order valence-corrected chi connectivity index (χ1v) is 13.6. The normalized spacial score (nSPS) is 38.7. The van der Waals surface area contributed by atoms with E-state index in [4.69, 9.17) is 10.8 Å². The molecule has 2 saturated carbocycles. The number of rotatable bonds is 2. The zero-order valence-corrected chi connectivity index (χ0v) is 17.6. The minimum atomic E-state index is -1.57. The highest BCUT2D eigenvalue weighted by molar-refractivity contribution is 6.70. The zero-order chi connectivity index (χ0) is 18.7. The van der Waals surface area contributed by atoms with Gasteiger partial charge in [-0.25, -0.2) is 0 Å². The smallest absolute Gasteiger partial charge is 0.242 e. The molecule has 0 saturated heterocycles. The first-order valence-electron chi connectivity index (χ1n) is 10.2. The molecule has 0 spiro atoms. The lowest BCUT2D eigenvalue weighted by atomic mass is 9.53. The van der Waals surface area contributed by atoms with E-state index in [0.717, 1.165) is 37.9 Å². The molecule has 2 nitrogen and oxygen atoms in total. The summed E-state index contributed by atoms with van der Waals surface area (Å²) in [6, 6.07) is 6.80. The third-order valence-electron chi connectivity index (χ3n) is 7.51. The summed E-state index contributed by atoms with van der Waals surface area (Å²) >= 11 is 0. The molecule has 1 aromatic carbocycles.